The molecular formula is C15H18N2O2. The van der Waals surface area contributed by atoms with Crippen LogP contribution in [0.1, 0.15) is 32.0 Å². The Morgan fingerprint density at radius 3 is 2.95 bits per heavy atom. The zero-order valence-electron chi connectivity index (χ0n) is 11.3. The molecule has 1 aliphatic rings. The number of hydrogen-bond acceptors (Lipinski definition) is 3. The summed E-state index contributed by atoms with van der Waals surface area (Å²) >= 11 is 0. The van der Waals surface area contributed by atoms with Crippen LogP contribution in [0.5, 0.6) is 0 Å². The van der Waals surface area contributed by atoms with Gasteiger partial charge in [0.15, 0.2) is 0 Å². The summed E-state index contributed by atoms with van der Waals surface area (Å²) < 4.78 is 7.30. The number of hydrogen-bond donors (Lipinski definition) is 0. The summed E-state index contributed by atoms with van der Waals surface area (Å²) in [6.07, 6.45) is 0.863. The zero-order chi connectivity index (χ0) is 13.4. The van der Waals surface area contributed by atoms with E-state index < -0.39 is 0 Å². The van der Waals surface area contributed by atoms with E-state index in [-0.39, 0.29) is 17.8 Å². The van der Waals surface area contributed by atoms with Crippen molar-refractivity contribution < 1.29 is 9.53 Å². The molecule has 0 saturated heterocycles. The van der Waals surface area contributed by atoms with Crippen molar-refractivity contribution in [3.8, 4) is 0 Å². The second-order valence-electron chi connectivity index (χ2n) is 4.90. The van der Waals surface area contributed by atoms with Gasteiger partial charge in [0.05, 0.1) is 23.6 Å². The van der Waals surface area contributed by atoms with Crippen molar-refractivity contribution in [2.24, 2.45) is 5.92 Å². The predicted octanol–water partition coefficient (Wildman–Crippen LogP) is 2.72. The molecule has 3 rings (SSSR count). The first-order valence-electron chi connectivity index (χ1n) is 6.88. The lowest BCUT2D eigenvalue weighted by atomic mass is 10.3. The van der Waals surface area contributed by atoms with E-state index in [0.717, 1.165) is 29.8 Å². The molecule has 1 saturated carbocycles. The van der Waals surface area contributed by atoms with E-state index in [0.29, 0.717) is 6.61 Å². The van der Waals surface area contributed by atoms with Gasteiger partial charge < -0.3 is 9.30 Å². The molecule has 1 heterocycles. The van der Waals surface area contributed by atoms with Crippen LogP contribution in [0.2, 0.25) is 0 Å². The van der Waals surface area contributed by atoms with Gasteiger partial charge in [0.2, 0.25) is 0 Å². The molecule has 2 aromatic rings. The second kappa shape index (κ2) is 4.68. The minimum atomic E-state index is -0.0813. The highest BCUT2D eigenvalue weighted by atomic mass is 16.5. The molecule has 4 heteroatoms. The van der Waals surface area contributed by atoms with Crippen molar-refractivity contribution in [2.75, 3.05) is 6.61 Å². The highest BCUT2D eigenvalue weighted by Crippen LogP contribution is 2.48. The number of para-hydroxylation sites is 2. The lowest BCUT2D eigenvalue weighted by Crippen LogP contribution is -2.09. The third-order valence-corrected chi connectivity index (χ3v) is 3.71. The Morgan fingerprint density at radius 1 is 1.42 bits per heavy atom. The number of benzene rings is 1. The topological polar surface area (TPSA) is 44.1 Å². The monoisotopic (exact) mass is 258 g/mol. The summed E-state index contributed by atoms with van der Waals surface area (Å²) in [5.74, 6) is 1.18. The van der Waals surface area contributed by atoms with Crippen LogP contribution < -0.4 is 0 Å². The van der Waals surface area contributed by atoms with Crippen molar-refractivity contribution in [3.05, 3.63) is 30.1 Å². The average Bonchev–Trinajstić information content (AvgIpc) is 3.13. The van der Waals surface area contributed by atoms with Gasteiger partial charge in [-0.3, -0.25) is 4.79 Å². The Bertz CT molecular complexity index is 618. The number of aryl methyl sites for hydroxylation is 1. The van der Waals surface area contributed by atoms with Crippen LogP contribution in [0.25, 0.3) is 11.0 Å². The molecule has 1 aromatic heterocycles. The fraction of sp³-hybridized carbons (Fsp3) is 0.467. The summed E-state index contributed by atoms with van der Waals surface area (Å²) in [7, 11) is 0. The molecule has 19 heavy (non-hydrogen) atoms. The smallest absolute Gasteiger partial charge is 0.309 e. The maximum absolute atomic E-state index is 11.7. The van der Waals surface area contributed by atoms with E-state index in [1.807, 2.05) is 25.1 Å². The molecular weight excluding hydrogens is 240 g/mol. The maximum Gasteiger partial charge on any atom is 0.309 e. The molecule has 1 aliphatic carbocycles. The van der Waals surface area contributed by atoms with Crippen LogP contribution in [-0.2, 0) is 16.1 Å². The highest BCUT2D eigenvalue weighted by molar-refractivity contribution is 5.79. The normalized spacial score (nSPS) is 21.6. The third-order valence-electron chi connectivity index (χ3n) is 3.71. The van der Waals surface area contributed by atoms with Crippen LogP contribution in [-0.4, -0.2) is 22.1 Å². The fourth-order valence-electron chi connectivity index (χ4n) is 2.70. The Labute approximate surface area is 112 Å². The molecule has 0 amide bonds. The standard InChI is InChI=1S/C15H18N2O2/c1-3-17-13-8-6-5-7-12(13)16-14(17)10-9-11(10)15(18)19-4-2/h5-8,10-11H,3-4,9H2,1-2H3/t10-,11-/m1/s1. The second-order valence-corrected chi connectivity index (χ2v) is 4.90. The van der Waals surface area contributed by atoms with Gasteiger partial charge in [0.25, 0.3) is 0 Å². The first-order chi connectivity index (χ1) is 9.26. The van der Waals surface area contributed by atoms with Gasteiger partial charge in [-0.05, 0) is 32.4 Å². The summed E-state index contributed by atoms with van der Waals surface area (Å²) in [5, 5.41) is 0. The number of ether oxygens (including phenoxy) is 1. The van der Waals surface area contributed by atoms with E-state index in [2.05, 4.69) is 17.6 Å². The number of rotatable bonds is 4. The molecule has 0 aliphatic heterocycles. The van der Waals surface area contributed by atoms with Crippen LogP contribution in [0.15, 0.2) is 24.3 Å². The zero-order valence-corrected chi connectivity index (χ0v) is 11.3. The number of carbonyl (C=O) groups excluding carboxylic acids is 1. The Kier molecular flexibility index (Phi) is 3.01. The van der Waals surface area contributed by atoms with E-state index in [1.54, 1.807) is 0 Å². The van der Waals surface area contributed by atoms with Crippen LogP contribution in [0.3, 0.4) is 0 Å². The Hall–Kier alpha value is -1.84. The van der Waals surface area contributed by atoms with E-state index >= 15 is 0 Å². The van der Waals surface area contributed by atoms with Crippen LogP contribution >= 0.6 is 0 Å². The predicted molar refractivity (Wildman–Crippen MR) is 72.9 cm³/mol. The van der Waals surface area contributed by atoms with Gasteiger partial charge in [0.1, 0.15) is 5.82 Å². The third kappa shape index (κ3) is 2.01. The summed E-state index contributed by atoms with van der Waals surface area (Å²) in [6.45, 7) is 5.28. The Balaban J connectivity index is 1.92. The fourth-order valence-corrected chi connectivity index (χ4v) is 2.70. The van der Waals surface area contributed by atoms with Crippen molar-refractivity contribution in [1.82, 2.24) is 9.55 Å². The molecule has 0 bridgehead atoms. The molecule has 0 spiro atoms. The number of carbonyl (C=O) groups is 1. The quantitative estimate of drug-likeness (QED) is 0.792. The number of aromatic nitrogens is 2. The minimum Gasteiger partial charge on any atom is -0.466 e. The molecule has 1 fully saturated rings. The molecule has 0 radical (unpaired) electrons. The van der Waals surface area contributed by atoms with E-state index in [4.69, 9.17) is 9.72 Å². The summed E-state index contributed by atoms with van der Waals surface area (Å²) in [5.41, 5.74) is 2.16. The maximum atomic E-state index is 11.7. The number of fused-ring (bicyclic) bond motifs is 1. The lowest BCUT2D eigenvalue weighted by Gasteiger charge is -2.05. The van der Waals surface area contributed by atoms with Crippen molar-refractivity contribution in [2.45, 2.75) is 32.7 Å². The largest absolute Gasteiger partial charge is 0.466 e. The molecule has 1 aromatic carbocycles. The van der Waals surface area contributed by atoms with Crippen LogP contribution in [0, 0.1) is 5.92 Å². The molecule has 4 nitrogen and oxygen atoms in total. The highest BCUT2D eigenvalue weighted by Gasteiger charge is 2.47. The SMILES string of the molecule is CCOC(=O)[C@@H]1C[C@H]1c1nc2ccccc2n1CC. The summed E-state index contributed by atoms with van der Waals surface area (Å²) in [6, 6.07) is 8.12. The van der Waals surface area contributed by atoms with Gasteiger partial charge in [-0.25, -0.2) is 4.98 Å². The van der Waals surface area contributed by atoms with Crippen molar-refractivity contribution in [1.29, 1.82) is 0 Å². The number of imidazole rings is 1. The molecule has 2 atom stereocenters. The van der Waals surface area contributed by atoms with Crippen molar-refractivity contribution >= 4 is 17.0 Å². The van der Waals surface area contributed by atoms with E-state index in [1.165, 1.54) is 0 Å². The molecule has 0 unspecified atom stereocenters. The lowest BCUT2D eigenvalue weighted by molar-refractivity contribution is -0.144. The minimum absolute atomic E-state index is 0.00191. The van der Waals surface area contributed by atoms with Crippen LogP contribution in [0.4, 0.5) is 0 Å². The molecule has 100 valence electrons. The first kappa shape index (κ1) is 12.2. The van der Waals surface area contributed by atoms with Gasteiger partial charge in [0, 0.05) is 12.5 Å². The van der Waals surface area contributed by atoms with E-state index in [9.17, 15) is 4.79 Å². The Morgan fingerprint density at radius 2 is 2.21 bits per heavy atom. The first-order valence-corrected chi connectivity index (χ1v) is 6.88. The average molecular weight is 258 g/mol. The van der Waals surface area contributed by atoms with Gasteiger partial charge in [-0.1, -0.05) is 12.1 Å². The van der Waals surface area contributed by atoms with Crippen molar-refractivity contribution in [3.63, 3.8) is 0 Å². The summed E-state index contributed by atoms with van der Waals surface area (Å²) in [4.78, 5) is 16.4. The number of esters is 1. The van der Waals surface area contributed by atoms with Gasteiger partial charge >= 0.3 is 5.97 Å². The van der Waals surface area contributed by atoms with Gasteiger partial charge in [-0.15, -0.1) is 0 Å². The molecule has 0 N–H and O–H groups in total. The number of nitrogens with zero attached hydrogens (tertiary/aromatic N) is 2. The van der Waals surface area contributed by atoms with Gasteiger partial charge in [-0.2, -0.15) is 0 Å².